The lowest BCUT2D eigenvalue weighted by Crippen LogP contribution is -2.30. The van der Waals surface area contributed by atoms with Gasteiger partial charge in [0.2, 0.25) is 0 Å². The zero-order valence-electron chi connectivity index (χ0n) is 27.0. The number of unbranched alkanes of at least 4 members (excludes halogenated alkanes) is 13. The van der Waals surface area contributed by atoms with Crippen molar-refractivity contribution in [2.75, 3.05) is 0 Å². The minimum atomic E-state index is -0.446. The van der Waals surface area contributed by atoms with Gasteiger partial charge >= 0.3 is 5.97 Å². The molecule has 0 bridgehead atoms. The lowest BCUT2D eigenvalue weighted by Gasteiger charge is -2.22. The van der Waals surface area contributed by atoms with Crippen molar-refractivity contribution >= 4 is 5.97 Å². The van der Waals surface area contributed by atoms with E-state index in [0.29, 0.717) is 18.4 Å². The normalized spacial score (nSPS) is 22.9. The molecule has 1 fully saturated rings. The van der Waals surface area contributed by atoms with E-state index in [2.05, 4.69) is 19.1 Å². The molecule has 0 aromatic rings. The van der Waals surface area contributed by atoms with Gasteiger partial charge in [-0.25, -0.2) is 4.79 Å². The Kier molecular flexibility index (Phi) is 20.4. The monoisotopic (exact) mass is 592 g/mol. The summed E-state index contributed by atoms with van der Waals surface area (Å²) in [6, 6.07) is 0. The minimum absolute atomic E-state index is 0.136. The quantitative estimate of drug-likeness (QED) is 0.0532. The summed E-state index contributed by atoms with van der Waals surface area (Å²) in [5, 5.41) is 31.4. The second-order valence-electron chi connectivity index (χ2n) is 12.9. The van der Waals surface area contributed by atoms with Gasteiger partial charge in [-0.3, -0.25) is 0 Å². The number of hydrogen-bond acceptors (Lipinski definition) is 6. The van der Waals surface area contributed by atoms with Crippen molar-refractivity contribution in [3.63, 3.8) is 0 Å². The summed E-state index contributed by atoms with van der Waals surface area (Å²) in [4.78, 5) is 11.6. The van der Waals surface area contributed by atoms with Gasteiger partial charge < -0.3 is 24.8 Å². The van der Waals surface area contributed by atoms with E-state index in [1.165, 1.54) is 64.2 Å². The minimum Gasteiger partial charge on any atom is -0.455 e. The molecule has 6 atom stereocenters. The Labute approximate surface area is 257 Å². The van der Waals surface area contributed by atoms with Crippen molar-refractivity contribution in [2.24, 2.45) is 0 Å². The first-order valence-corrected chi connectivity index (χ1v) is 17.7. The summed E-state index contributed by atoms with van der Waals surface area (Å²) in [7, 11) is 0. The van der Waals surface area contributed by atoms with Crippen LogP contribution in [0.4, 0.5) is 0 Å². The Morgan fingerprint density at radius 2 is 1.29 bits per heavy atom. The molecule has 1 saturated heterocycles. The highest BCUT2D eigenvalue weighted by molar-refractivity contribution is 5.90. The fourth-order valence-corrected chi connectivity index (χ4v) is 6.25. The van der Waals surface area contributed by atoms with Crippen molar-refractivity contribution in [1.82, 2.24) is 0 Å². The van der Waals surface area contributed by atoms with Gasteiger partial charge in [-0.2, -0.15) is 0 Å². The van der Waals surface area contributed by atoms with Gasteiger partial charge in [0.15, 0.2) is 0 Å². The molecule has 2 aliphatic heterocycles. The summed E-state index contributed by atoms with van der Waals surface area (Å²) in [5.41, 5.74) is 0.705. The van der Waals surface area contributed by atoms with E-state index < -0.39 is 12.2 Å². The number of carbonyl (C=O) groups is 1. The van der Waals surface area contributed by atoms with Crippen LogP contribution in [0.3, 0.4) is 0 Å². The molecule has 42 heavy (non-hydrogen) atoms. The Morgan fingerprint density at radius 1 is 0.738 bits per heavy atom. The van der Waals surface area contributed by atoms with Gasteiger partial charge in [0.25, 0.3) is 0 Å². The number of aliphatic hydroxyl groups excluding tert-OH is 3. The predicted octanol–water partition coefficient (Wildman–Crippen LogP) is 8.26. The van der Waals surface area contributed by atoms with Crippen LogP contribution in [-0.2, 0) is 14.3 Å². The zero-order valence-corrected chi connectivity index (χ0v) is 27.0. The van der Waals surface area contributed by atoms with Crippen molar-refractivity contribution < 1.29 is 29.6 Å². The van der Waals surface area contributed by atoms with Crippen molar-refractivity contribution in [1.29, 1.82) is 0 Å². The van der Waals surface area contributed by atoms with Gasteiger partial charge in [0.1, 0.15) is 6.10 Å². The van der Waals surface area contributed by atoms with Gasteiger partial charge in [0.05, 0.1) is 30.5 Å². The third-order valence-electron chi connectivity index (χ3n) is 8.99. The van der Waals surface area contributed by atoms with Crippen LogP contribution in [0.2, 0.25) is 0 Å². The van der Waals surface area contributed by atoms with E-state index in [-0.39, 0.29) is 30.4 Å². The highest BCUT2D eigenvalue weighted by Gasteiger charge is 2.33. The Balaban J connectivity index is 1.39. The van der Waals surface area contributed by atoms with E-state index in [0.717, 1.165) is 70.6 Å². The molecule has 244 valence electrons. The summed E-state index contributed by atoms with van der Waals surface area (Å²) in [6.45, 7) is 4.11. The molecule has 0 radical (unpaired) electrons. The summed E-state index contributed by atoms with van der Waals surface area (Å²) in [6.07, 6.45) is 29.1. The molecule has 3 N–H and O–H groups in total. The number of allylic oxidation sites excluding steroid dienone is 2. The summed E-state index contributed by atoms with van der Waals surface area (Å²) in [5.74, 6) is -0.233. The number of esters is 1. The molecule has 6 nitrogen and oxygen atoms in total. The summed E-state index contributed by atoms with van der Waals surface area (Å²) < 4.78 is 11.2. The number of rotatable bonds is 26. The van der Waals surface area contributed by atoms with Crippen LogP contribution in [0.25, 0.3) is 0 Å². The number of cyclic esters (lactones) is 1. The lowest BCUT2D eigenvalue weighted by atomic mass is 10.00. The van der Waals surface area contributed by atoms with E-state index in [4.69, 9.17) is 9.47 Å². The zero-order chi connectivity index (χ0) is 30.4. The van der Waals surface area contributed by atoms with E-state index in [9.17, 15) is 20.1 Å². The molecule has 0 aliphatic carbocycles. The largest absolute Gasteiger partial charge is 0.455 e. The second kappa shape index (κ2) is 23.2. The fraction of sp³-hybridized carbons (Fsp3) is 0.861. The van der Waals surface area contributed by atoms with Crippen LogP contribution in [-0.4, -0.2) is 57.9 Å². The van der Waals surface area contributed by atoms with E-state index in [1.807, 2.05) is 13.0 Å². The highest BCUT2D eigenvalue weighted by atomic mass is 16.5. The first kappa shape index (κ1) is 37.0. The average Bonchev–Trinajstić information content (AvgIpc) is 3.59. The van der Waals surface area contributed by atoms with Crippen LogP contribution in [0, 0.1) is 0 Å². The van der Waals surface area contributed by atoms with Crippen molar-refractivity contribution in [3.05, 3.63) is 23.8 Å². The molecule has 0 spiro atoms. The maximum Gasteiger partial charge on any atom is 0.334 e. The van der Waals surface area contributed by atoms with Crippen LogP contribution in [0.15, 0.2) is 23.8 Å². The Morgan fingerprint density at radius 3 is 1.90 bits per heavy atom. The molecule has 0 unspecified atom stereocenters. The van der Waals surface area contributed by atoms with E-state index >= 15 is 0 Å². The number of hydrogen-bond donors (Lipinski definition) is 3. The van der Waals surface area contributed by atoms with Crippen molar-refractivity contribution in [2.45, 2.75) is 198 Å². The standard InChI is InChI=1S/C36H64O6/c1-3-4-5-6-7-8-9-10-13-16-19-22-32(38)34-26-27-35(42-34)33(39)23-20-17-14-11-12-15-18-21-31(37)25-24-30-28-29(2)41-36(30)40/h13,16,28-29,31-35,37-39H,3-12,14-15,17-27H2,1-2H3/t29-,31+,32+,33+,34+,35+/m0/s1. The molecule has 0 saturated carbocycles. The highest BCUT2D eigenvalue weighted by Crippen LogP contribution is 2.28. The van der Waals surface area contributed by atoms with Gasteiger partial charge in [-0.05, 0) is 77.2 Å². The molecule has 0 aromatic carbocycles. The fourth-order valence-electron chi connectivity index (χ4n) is 6.25. The summed E-state index contributed by atoms with van der Waals surface area (Å²) >= 11 is 0. The third kappa shape index (κ3) is 16.6. The maximum absolute atomic E-state index is 11.6. The second-order valence-corrected chi connectivity index (χ2v) is 12.9. The number of ether oxygens (including phenoxy) is 2. The van der Waals surface area contributed by atoms with Gasteiger partial charge in [-0.15, -0.1) is 0 Å². The topological polar surface area (TPSA) is 96.2 Å². The number of aliphatic hydroxyl groups is 3. The molecule has 2 aliphatic rings. The Bertz CT molecular complexity index is 749. The van der Waals surface area contributed by atoms with Crippen LogP contribution < -0.4 is 0 Å². The smallest absolute Gasteiger partial charge is 0.334 e. The first-order valence-electron chi connectivity index (χ1n) is 17.7. The molecular formula is C36H64O6. The van der Waals surface area contributed by atoms with Gasteiger partial charge in [-0.1, -0.05) is 103 Å². The molecule has 0 amide bonds. The molecule has 2 rings (SSSR count). The Hall–Kier alpha value is -1.21. The molecular weight excluding hydrogens is 528 g/mol. The third-order valence-corrected chi connectivity index (χ3v) is 8.99. The predicted molar refractivity (Wildman–Crippen MR) is 171 cm³/mol. The van der Waals surface area contributed by atoms with Crippen molar-refractivity contribution in [3.8, 4) is 0 Å². The van der Waals surface area contributed by atoms with Gasteiger partial charge in [0, 0.05) is 5.57 Å². The SMILES string of the molecule is CCCCCCCCCC=CCC[C@@H](O)[C@H]1CC[C@H]([C@H](O)CCCCCCCCC[C@@H](O)CCC2=C[C@H](C)OC2=O)O1. The maximum atomic E-state index is 11.6. The van der Waals surface area contributed by atoms with E-state index in [1.54, 1.807) is 0 Å². The molecule has 6 heteroatoms. The average molecular weight is 593 g/mol. The molecule has 2 heterocycles. The van der Waals surface area contributed by atoms with Crippen LogP contribution in [0.5, 0.6) is 0 Å². The molecule has 0 aromatic heterocycles. The lowest BCUT2D eigenvalue weighted by molar-refractivity contribution is -0.139. The van der Waals surface area contributed by atoms with Crippen LogP contribution in [0.1, 0.15) is 162 Å². The number of carbonyl (C=O) groups excluding carboxylic acids is 1. The van der Waals surface area contributed by atoms with Crippen LogP contribution >= 0.6 is 0 Å². The first-order chi connectivity index (χ1) is 20.4.